The van der Waals surface area contributed by atoms with Crippen LogP contribution in [0.2, 0.25) is 0 Å². The number of amides is 1. The van der Waals surface area contributed by atoms with Gasteiger partial charge in [-0.25, -0.2) is 4.79 Å². The molecule has 0 aromatic heterocycles. The van der Waals surface area contributed by atoms with Crippen molar-refractivity contribution < 1.29 is 14.3 Å². The minimum absolute atomic E-state index is 0.0564. The molecule has 0 bridgehead atoms. The second-order valence-electron chi connectivity index (χ2n) is 5.06. The number of aryl methyl sites for hydroxylation is 1. The number of ether oxygens (including phenoxy) is 2. The molecular formula is C14H17NO3S. The SMILES string of the molecule is Cc1ccc(S[C@H]2C[C@@H]3NC(=O)O[C@@H]3[C@H](C)O2)cc1. The smallest absolute Gasteiger partial charge is 0.407 e. The fraction of sp³-hybridized carbons (Fsp3) is 0.500. The normalized spacial score (nSPS) is 33.5. The molecule has 0 unspecified atom stereocenters. The molecule has 102 valence electrons. The van der Waals surface area contributed by atoms with Crippen molar-refractivity contribution in [1.82, 2.24) is 5.32 Å². The minimum atomic E-state index is -0.327. The Labute approximate surface area is 116 Å². The molecule has 0 saturated carbocycles. The van der Waals surface area contributed by atoms with Crippen molar-refractivity contribution in [3.63, 3.8) is 0 Å². The highest BCUT2D eigenvalue weighted by molar-refractivity contribution is 7.99. The van der Waals surface area contributed by atoms with Gasteiger partial charge in [0.1, 0.15) is 11.5 Å². The summed E-state index contributed by atoms with van der Waals surface area (Å²) in [7, 11) is 0. The number of fused-ring (bicyclic) bond motifs is 1. The van der Waals surface area contributed by atoms with Crippen LogP contribution in [-0.2, 0) is 9.47 Å². The average Bonchev–Trinajstić information content (AvgIpc) is 2.73. The fourth-order valence-electron chi connectivity index (χ4n) is 2.51. The van der Waals surface area contributed by atoms with Crippen LogP contribution >= 0.6 is 11.8 Å². The number of hydrogen-bond donors (Lipinski definition) is 1. The molecule has 1 amide bonds. The molecule has 4 nitrogen and oxygen atoms in total. The van der Waals surface area contributed by atoms with E-state index in [0.717, 1.165) is 6.42 Å². The quantitative estimate of drug-likeness (QED) is 0.904. The first-order valence-electron chi connectivity index (χ1n) is 6.48. The molecule has 1 N–H and O–H groups in total. The van der Waals surface area contributed by atoms with E-state index in [4.69, 9.17) is 9.47 Å². The van der Waals surface area contributed by atoms with E-state index in [1.807, 2.05) is 6.92 Å². The maximum atomic E-state index is 11.3. The van der Waals surface area contributed by atoms with Gasteiger partial charge in [-0.15, -0.1) is 0 Å². The molecule has 2 fully saturated rings. The molecular weight excluding hydrogens is 262 g/mol. The Kier molecular flexibility index (Phi) is 3.41. The third kappa shape index (κ3) is 2.72. The van der Waals surface area contributed by atoms with E-state index < -0.39 is 0 Å². The average molecular weight is 279 g/mol. The van der Waals surface area contributed by atoms with Crippen molar-refractivity contribution in [2.24, 2.45) is 0 Å². The van der Waals surface area contributed by atoms with Gasteiger partial charge in [0.15, 0.2) is 0 Å². The van der Waals surface area contributed by atoms with E-state index in [2.05, 4.69) is 36.5 Å². The van der Waals surface area contributed by atoms with Gasteiger partial charge >= 0.3 is 6.09 Å². The number of carbonyl (C=O) groups excluding carboxylic acids is 1. The molecule has 5 heteroatoms. The zero-order valence-electron chi connectivity index (χ0n) is 11.0. The molecule has 3 rings (SSSR count). The van der Waals surface area contributed by atoms with Gasteiger partial charge in [0.2, 0.25) is 0 Å². The summed E-state index contributed by atoms with van der Waals surface area (Å²) in [6.45, 7) is 4.03. The highest BCUT2D eigenvalue weighted by Crippen LogP contribution is 2.35. The lowest BCUT2D eigenvalue weighted by atomic mass is 10.0. The van der Waals surface area contributed by atoms with E-state index in [0.29, 0.717) is 0 Å². The number of rotatable bonds is 2. The Balaban J connectivity index is 1.66. The number of benzene rings is 1. The van der Waals surface area contributed by atoms with Gasteiger partial charge in [0, 0.05) is 11.3 Å². The van der Waals surface area contributed by atoms with E-state index in [1.54, 1.807) is 11.8 Å². The van der Waals surface area contributed by atoms with Crippen LogP contribution < -0.4 is 5.32 Å². The lowest BCUT2D eigenvalue weighted by Crippen LogP contribution is -2.47. The number of alkyl carbamates (subject to hydrolysis) is 1. The molecule has 2 saturated heterocycles. The first-order chi connectivity index (χ1) is 9.11. The molecule has 2 aliphatic heterocycles. The van der Waals surface area contributed by atoms with Crippen molar-refractivity contribution in [1.29, 1.82) is 0 Å². The number of carbonyl (C=O) groups is 1. The Hall–Kier alpha value is -1.20. The van der Waals surface area contributed by atoms with Crippen LogP contribution in [0.4, 0.5) is 4.79 Å². The second-order valence-corrected chi connectivity index (χ2v) is 6.29. The van der Waals surface area contributed by atoms with Gasteiger partial charge in [-0.3, -0.25) is 0 Å². The molecule has 4 atom stereocenters. The molecule has 0 spiro atoms. The largest absolute Gasteiger partial charge is 0.441 e. The summed E-state index contributed by atoms with van der Waals surface area (Å²) in [6, 6.07) is 8.46. The topological polar surface area (TPSA) is 47.6 Å². The van der Waals surface area contributed by atoms with Gasteiger partial charge in [-0.05, 0) is 26.0 Å². The third-order valence-corrected chi connectivity index (χ3v) is 4.62. The predicted octanol–water partition coefficient (Wildman–Crippen LogP) is 2.70. The Bertz CT molecular complexity index is 476. The van der Waals surface area contributed by atoms with Crippen LogP contribution in [0.1, 0.15) is 18.9 Å². The summed E-state index contributed by atoms with van der Waals surface area (Å²) in [6.07, 6.45) is 0.230. The van der Waals surface area contributed by atoms with Crippen molar-refractivity contribution >= 4 is 17.9 Å². The van der Waals surface area contributed by atoms with Gasteiger partial charge in [0.05, 0.1) is 12.1 Å². The fourth-order valence-corrected chi connectivity index (χ4v) is 3.64. The van der Waals surface area contributed by atoms with Crippen LogP contribution in [0.25, 0.3) is 0 Å². The predicted molar refractivity (Wildman–Crippen MR) is 73.2 cm³/mol. The van der Waals surface area contributed by atoms with E-state index >= 15 is 0 Å². The summed E-state index contributed by atoms with van der Waals surface area (Å²) in [4.78, 5) is 12.4. The Morgan fingerprint density at radius 3 is 2.79 bits per heavy atom. The molecule has 1 aromatic carbocycles. The summed E-state index contributed by atoms with van der Waals surface area (Å²) >= 11 is 1.70. The lowest BCUT2D eigenvalue weighted by molar-refractivity contribution is -0.0714. The lowest BCUT2D eigenvalue weighted by Gasteiger charge is -2.34. The van der Waals surface area contributed by atoms with E-state index in [-0.39, 0.29) is 29.8 Å². The van der Waals surface area contributed by atoms with Crippen LogP contribution in [-0.4, -0.2) is 29.8 Å². The molecule has 0 radical (unpaired) electrons. The van der Waals surface area contributed by atoms with Crippen molar-refractivity contribution in [2.75, 3.05) is 0 Å². The number of hydrogen-bond acceptors (Lipinski definition) is 4. The van der Waals surface area contributed by atoms with Crippen molar-refractivity contribution in [3.8, 4) is 0 Å². The van der Waals surface area contributed by atoms with Crippen LogP contribution in [0, 0.1) is 6.92 Å². The van der Waals surface area contributed by atoms with Gasteiger partial charge in [-0.2, -0.15) is 0 Å². The summed E-state index contributed by atoms with van der Waals surface area (Å²) in [5, 5.41) is 2.86. The summed E-state index contributed by atoms with van der Waals surface area (Å²) in [5.41, 5.74) is 1.31. The van der Waals surface area contributed by atoms with Crippen molar-refractivity contribution in [2.45, 2.75) is 48.8 Å². The summed E-state index contributed by atoms with van der Waals surface area (Å²) in [5.74, 6) is 0. The molecule has 2 aliphatic rings. The summed E-state index contributed by atoms with van der Waals surface area (Å²) < 4.78 is 11.1. The molecule has 19 heavy (non-hydrogen) atoms. The van der Waals surface area contributed by atoms with Crippen molar-refractivity contribution in [3.05, 3.63) is 29.8 Å². The van der Waals surface area contributed by atoms with Gasteiger partial charge in [-0.1, -0.05) is 29.5 Å². The van der Waals surface area contributed by atoms with Crippen LogP contribution in [0.15, 0.2) is 29.2 Å². The first kappa shape index (κ1) is 12.8. The molecule has 0 aliphatic carbocycles. The highest BCUT2D eigenvalue weighted by Gasteiger charge is 2.44. The minimum Gasteiger partial charge on any atom is -0.441 e. The maximum absolute atomic E-state index is 11.3. The zero-order valence-corrected chi connectivity index (χ0v) is 11.8. The van der Waals surface area contributed by atoms with Gasteiger partial charge in [0.25, 0.3) is 0 Å². The van der Waals surface area contributed by atoms with Crippen LogP contribution in [0.5, 0.6) is 0 Å². The van der Waals surface area contributed by atoms with E-state index in [1.165, 1.54) is 10.5 Å². The molecule has 1 aromatic rings. The molecule has 2 heterocycles. The second kappa shape index (κ2) is 5.06. The standard InChI is InChI=1S/C14H17NO3S/c1-8-3-5-10(6-4-8)19-12-7-11-13(9(2)17-12)18-14(16)15-11/h3-6,9,11-13H,7H2,1-2H3,(H,15,16)/t9-,11-,12-,13+/m0/s1. The first-order valence-corrected chi connectivity index (χ1v) is 7.36. The number of nitrogens with one attached hydrogen (secondary N) is 1. The zero-order chi connectivity index (χ0) is 13.4. The maximum Gasteiger partial charge on any atom is 0.407 e. The van der Waals surface area contributed by atoms with Crippen LogP contribution in [0.3, 0.4) is 0 Å². The number of thioether (sulfide) groups is 1. The van der Waals surface area contributed by atoms with Gasteiger partial charge < -0.3 is 14.8 Å². The Morgan fingerprint density at radius 2 is 2.05 bits per heavy atom. The van der Waals surface area contributed by atoms with E-state index in [9.17, 15) is 4.79 Å². The monoisotopic (exact) mass is 279 g/mol. The third-order valence-electron chi connectivity index (χ3n) is 3.51. The highest BCUT2D eigenvalue weighted by atomic mass is 32.2. The Morgan fingerprint density at radius 1 is 1.32 bits per heavy atom.